The van der Waals surface area contributed by atoms with Crippen molar-refractivity contribution in [2.75, 3.05) is 13.2 Å². The van der Waals surface area contributed by atoms with Crippen molar-refractivity contribution < 1.29 is 9.84 Å². The first-order valence-electron chi connectivity index (χ1n) is 11.6. The molecule has 5 nitrogen and oxygen atoms in total. The van der Waals surface area contributed by atoms with E-state index in [0.717, 1.165) is 43.0 Å². The van der Waals surface area contributed by atoms with E-state index in [1.807, 2.05) is 40.8 Å². The molecule has 1 fully saturated rings. The van der Waals surface area contributed by atoms with E-state index in [2.05, 4.69) is 53.5 Å². The molecule has 1 aliphatic heterocycles. The molecule has 2 aromatic heterocycles. The highest BCUT2D eigenvalue weighted by Crippen LogP contribution is 2.38. The van der Waals surface area contributed by atoms with Crippen LogP contribution in [0.5, 0.6) is 0 Å². The second-order valence-corrected chi connectivity index (χ2v) is 9.99. The Morgan fingerprint density at radius 1 is 0.943 bits per heavy atom. The van der Waals surface area contributed by atoms with Crippen LogP contribution in [-0.4, -0.2) is 27.7 Å². The fourth-order valence-corrected chi connectivity index (χ4v) is 5.70. The summed E-state index contributed by atoms with van der Waals surface area (Å²) in [7, 11) is 0. The number of hydrogen-bond donors (Lipinski definition) is 1. The van der Waals surface area contributed by atoms with Gasteiger partial charge in [0.05, 0.1) is 11.1 Å². The highest BCUT2D eigenvalue weighted by atomic mass is 32.2. The number of imidazole rings is 1. The number of pyridine rings is 1. The number of ether oxygens (including phenoxy) is 1. The van der Waals surface area contributed by atoms with E-state index < -0.39 is 5.60 Å². The molecule has 6 heteroatoms. The van der Waals surface area contributed by atoms with Gasteiger partial charge in [-0.25, -0.2) is 4.98 Å². The number of hydrogen-bond acceptors (Lipinski definition) is 5. The van der Waals surface area contributed by atoms with Crippen LogP contribution >= 0.6 is 11.8 Å². The molecule has 0 unspecified atom stereocenters. The van der Waals surface area contributed by atoms with E-state index >= 15 is 0 Å². The molecule has 0 bridgehead atoms. The standard InChI is InChI=1S/C29H23N3O2S/c30-18-22-19-32-27-16-24(35-23-8-4-7-21(15-23)29(33)11-13-34-14-12-29)9-10-25(27)26(17-28(32)31-22)20-5-2-1-3-6-20/h1-10,15-17,19,33H,11-14H2. The number of nitriles is 1. The SMILES string of the molecule is N#Cc1cn2c(cc(-c3ccccc3)c3ccc(Sc4cccc(C5(O)CCOCC5)c4)cc32)n1. The normalized spacial score (nSPS) is 15.3. The van der Waals surface area contributed by atoms with Crippen LogP contribution in [0.15, 0.2) is 94.9 Å². The van der Waals surface area contributed by atoms with Gasteiger partial charge in [-0.15, -0.1) is 0 Å². The summed E-state index contributed by atoms with van der Waals surface area (Å²) in [6.45, 7) is 1.15. The Balaban J connectivity index is 1.44. The Kier molecular flexibility index (Phi) is 5.54. The maximum Gasteiger partial charge on any atom is 0.159 e. The smallest absolute Gasteiger partial charge is 0.159 e. The van der Waals surface area contributed by atoms with Gasteiger partial charge in [-0.3, -0.25) is 4.40 Å². The van der Waals surface area contributed by atoms with Crippen LogP contribution in [0.25, 0.3) is 27.7 Å². The number of fused-ring (bicyclic) bond motifs is 3. The van der Waals surface area contributed by atoms with Gasteiger partial charge in [-0.2, -0.15) is 5.26 Å². The molecule has 1 N–H and O–H groups in total. The largest absolute Gasteiger partial charge is 0.385 e. The van der Waals surface area contributed by atoms with E-state index in [9.17, 15) is 10.4 Å². The zero-order chi connectivity index (χ0) is 23.8. The Labute approximate surface area is 207 Å². The monoisotopic (exact) mass is 477 g/mol. The second kappa shape index (κ2) is 8.86. The average molecular weight is 478 g/mol. The number of aliphatic hydroxyl groups is 1. The first kappa shape index (κ1) is 21.9. The summed E-state index contributed by atoms with van der Waals surface area (Å²) in [5.41, 5.74) is 4.45. The summed E-state index contributed by atoms with van der Waals surface area (Å²) in [6.07, 6.45) is 3.01. The van der Waals surface area contributed by atoms with Crippen LogP contribution in [0.3, 0.4) is 0 Å². The lowest BCUT2D eigenvalue weighted by atomic mass is 9.87. The molecule has 172 valence electrons. The third-order valence-corrected chi connectivity index (χ3v) is 7.63. The lowest BCUT2D eigenvalue weighted by Gasteiger charge is -2.32. The Bertz CT molecular complexity index is 1580. The average Bonchev–Trinajstić information content (AvgIpc) is 3.33. The van der Waals surface area contributed by atoms with Crippen LogP contribution in [0, 0.1) is 11.3 Å². The van der Waals surface area contributed by atoms with Crippen LogP contribution < -0.4 is 0 Å². The zero-order valence-corrected chi connectivity index (χ0v) is 19.8. The quantitative estimate of drug-likeness (QED) is 0.335. The first-order valence-corrected chi connectivity index (χ1v) is 12.4. The maximum atomic E-state index is 11.1. The third-order valence-electron chi connectivity index (χ3n) is 6.65. The summed E-state index contributed by atoms with van der Waals surface area (Å²) in [5.74, 6) is 0. The van der Waals surface area contributed by atoms with Gasteiger partial charge < -0.3 is 9.84 Å². The van der Waals surface area contributed by atoms with Crippen molar-refractivity contribution in [3.8, 4) is 17.2 Å². The zero-order valence-electron chi connectivity index (χ0n) is 19.0. The van der Waals surface area contributed by atoms with E-state index in [-0.39, 0.29) is 0 Å². The molecule has 0 saturated carbocycles. The third kappa shape index (κ3) is 4.08. The van der Waals surface area contributed by atoms with Crippen LogP contribution in [0.1, 0.15) is 24.1 Å². The molecule has 5 aromatic rings. The highest BCUT2D eigenvalue weighted by Gasteiger charge is 2.31. The molecule has 0 aliphatic carbocycles. The van der Waals surface area contributed by atoms with Crippen molar-refractivity contribution in [2.24, 2.45) is 0 Å². The molecule has 3 aromatic carbocycles. The molecule has 0 spiro atoms. The van der Waals surface area contributed by atoms with Gasteiger partial charge in [0.2, 0.25) is 0 Å². The molecule has 0 radical (unpaired) electrons. The summed E-state index contributed by atoms with van der Waals surface area (Å²) < 4.78 is 7.44. The van der Waals surface area contributed by atoms with E-state index in [1.165, 1.54) is 0 Å². The predicted octanol–water partition coefficient (Wildman–Crippen LogP) is 6.18. The summed E-state index contributed by atoms with van der Waals surface area (Å²) in [4.78, 5) is 6.66. The summed E-state index contributed by atoms with van der Waals surface area (Å²) >= 11 is 1.66. The first-order chi connectivity index (χ1) is 17.1. The molecule has 6 rings (SSSR count). The second-order valence-electron chi connectivity index (χ2n) is 8.84. The fraction of sp³-hybridized carbons (Fsp3) is 0.172. The number of nitrogens with zero attached hydrogens (tertiary/aromatic N) is 3. The van der Waals surface area contributed by atoms with E-state index in [4.69, 9.17) is 4.74 Å². The molecule has 1 saturated heterocycles. The molecule has 35 heavy (non-hydrogen) atoms. The van der Waals surface area contributed by atoms with Crippen molar-refractivity contribution in [1.29, 1.82) is 5.26 Å². The molecule has 1 aliphatic rings. The van der Waals surface area contributed by atoms with Gasteiger partial charge in [0.15, 0.2) is 5.69 Å². The lowest BCUT2D eigenvalue weighted by molar-refractivity contribution is -0.0680. The predicted molar refractivity (Wildman–Crippen MR) is 137 cm³/mol. The number of benzene rings is 3. The van der Waals surface area contributed by atoms with Crippen molar-refractivity contribution in [3.63, 3.8) is 0 Å². The van der Waals surface area contributed by atoms with Gasteiger partial charge in [0.1, 0.15) is 11.7 Å². The molecular weight excluding hydrogens is 454 g/mol. The summed E-state index contributed by atoms with van der Waals surface area (Å²) in [6, 6.07) is 29.0. The van der Waals surface area contributed by atoms with Gasteiger partial charge in [0, 0.05) is 47.4 Å². The molecule has 3 heterocycles. The minimum atomic E-state index is -0.834. The van der Waals surface area contributed by atoms with Crippen molar-refractivity contribution in [3.05, 3.63) is 96.3 Å². The highest BCUT2D eigenvalue weighted by molar-refractivity contribution is 7.99. The van der Waals surface area contributed by atoms with Crippen molar-refractivity contribution in [1.82, 2.24) is 9.38 Å². The maximum absolute atomic E-state index is 11.1. The van der Waals surface area contributed by atoms with Crippen LogP contribution in [0.4, 0.5) is 0 Å². The van der Waals surface area contributed by atoms with E-state index in [0.29, 0.717) is 31.7 Å². The minimum absolute atomic E-state index is 0.395. The molecule has 0 atom stereocenters. The van der Waals surface area contributed by atoms with Gasteiger partial charge in [-0.05, 0) is 47.0 Å². The van der Waals surface area contributed by atoms with Gasteiger partial charge in [0.25, 0.3) is 0 Å². The van der Waals surface area contributed by atoms with E-state index in [1.54, 1.807) is 18.0 Å². The van der Waals surface area contributed by atoms with Crippen molar-refractivity contribution >= 4 is 28.3 Å². The molecule has 0 amide bonds. The van der Waals surface area contributed by atoms with Gasteiger partial charge in [-0.1, -0.05) is 60.3 Å². The topological polar surface area (TPSA) is 70.5 Å². The molecular formula is C29H23N3O2S. The van der Waals surface area contributed by atoms with Crippen molar-refractivity contribution in [2.45, 2.75) is 28.2 Å². The Hall–Kier alpha value is -3.63. The van der Waals surface area contributed by atoms with Crippen LogP contribution in [0.2, 0.25) is 0 Å². The Morgan fingerprint density at radius 2 is 1.74 bits per heavy atom. The lowest BCUT2D eigenvalue weighted by Crippen LogP contribution is -2.33. The van der Waals surface area contributed by atoms with Crippen LogP contribution in [-0.2, 0) is 10.3 Å². The minimum Gasteiger partial charge on any atom is -0.385 e. The number of rotatable bonds is 4. The fourth-order valence-electron chi connectivity index (χ4n) is 4.79. The number of aromatic nitrogens is 2. The van der Waals surface area contributed by atoms with Gasteiger partial charge >= 0.3 is 0 Å². The Morgan fingerprint density at radius 3 is 2.54 bits per heavy atom. The summed E-state index contributed by atoms with van der Waals surface area (Å²) in [5, 5.41) is 21.7.